The Labute approximate surface area is 150 Å². The van der Waals surface area contributed by atoms with E-state index in [2.05, 4.69) is 24.1 Å². The molecule has 2 rings (SSSR count). The maximum Gasteiger partial charge on any atom is 0.321 e. The summed E-state index contributed by atoms with van der Waals surface area (Å²) >= 11 is 0. The van der Waals surface area contributed by atoms with Gasteiger partial charge in [0, 0.05) is 38.9 Å². The Morgan fingerprint density at radius 2 is 1.88 bits per heavy atom. The monoisotopic (exact) mass is 346 g/mol. The van der Waals surface area contributed by atoms with Crippen molar-refractivity contribution in [1.82, 2.24) is 14.7 Å². The smallest absolute Gasteiger partial charge is 0.321 e. The van der Waals surface area contributed by atoms with Gasteiger partial charge in [-0.05, 0) is 31.1 Å². The van der Waals surface area contributed by atoms with Crippen LogP contribution in [0.3, 0.4) is 0 Å². The number of rotatable bonds is 6. The van der Waals surface area contributed by atoms with E-state index in [4.69, 9.17) is 0 Å². The summed E-state index contributed by atoms with van der Waals surface area (Å²) in [5, 5.41) is 2.99. The lowest BCUT2D eigenvalue weighted by molar-refractivity contribution is -0.127. The molecule has 0 spiro atoms. The Morgan fingerprint density at radius 1 is 1.20 bits per heavy atom. The molecule has 1 N–H and O–H groups in total. The molecule has 138 valence electrons. The number of para-hydroxylation sites is 1. The molecule has 0 radical (unpaired) electrons. The molecular weight excluding hydrogens is 316 g/mol. The minimum Gasteiger partial charge on any atom is -0.349 e. The molecule has 1 aliphatic rings. The van der Waals surface area contributed by atoms with Crippen LogP contribution in [0, 0.1) is 0 Å². The molecule has 0 aromatic heterocycles. The highest BCUT2D eigenvalue weighted by molar-refractivity contribution is 5.91. The zero-order chi connectivity index (χ0) is 18.4. The van der Waals surface area contributed by atoms with Crippen LogP contribution >= 0.6 is 0 Å². The second-order valence-electron chi connectivity index (χ2n) is 6.66. The highest BCUT2D eigenvalue weighted by Crippen LogP contribution is 2.20. The van der Waals surface area contributed by atoms with Crippen LogP contribution in [0.2, 0.25) is 0 Å². The van der Waals surface area contributed by atoms with Crippen molar-refractivity contribution in [2.24, 2.45) is 0 Å². The van der Waals surface area contributed by atoms with Crippen molar-refractivity contribution < 1.29 is 9.59 Å². The predicted octanol–water partition coefficient (Wildman–Crippen LogP) is 2.27. The van der Waals surface area contributed by atoms with E-state index in [1.165, 1.54) is 0 Å². The number of amides is 3. The Hall–Kier alpha value is -2.08. The summed E-state index contributed by atoms with van der Waals surface area (Å²) < 4.78 is 0. The lowest BCUT2D eigenvalue weighted by Gasteiger charge is -2.26. The second kappa shape index (κ2) is 8.85. The van der Waals surface area contributed by atoms with Crippen molar-refractivity contribution >= 4 is 17.6 Å². The number of carbonyl (C=O) groups excluding carboxylic acids is 2. The Kier molecular flexibility index (Phi) is 6.82. The van der Waals surface area contributed by atoms with Gasteiger partial charge in [-0.3, -0.25) is 9.69 Å². The van der Waals surface area contributed by atoms with Crippen LogP contribution < -0.4 is 5.32 Å². The molecule has 25 heavy (non-hydrogen) atoms. The number of nitrogens with zero attached hydrogens (tertiary/aromatic N) is 3. The van der Waals surface area contributed by atoms with E-state index in [9.17, 15) is 9.59 Å². The predicted molar refractivity (Wildman–Crippen MR) is 101 cm³/mol. The number of likely N-dealkylation sites (N-methyl/N-ethyl adjacent to an activating group) is 2. The molecule has 0 saturated carbocycles. The SMILES string of the molecule is CCN(CC)[C@H]1CCN(C(=O)Nc2ccccc2CC(=O)N(C)C)C1. The molecule has 1 aromatic carbocycles. The molecule has 0 unspecified atom stereocenters. The average Bonchev–Trinajstić information content (AvgIpc) is 3.07. The van der Waals surface area contributed by atoms with E-state index in [1.807, 2.05) is 29.2 Å². The van der Waals surface area contributed by atoms with Crippen molar-refractivity contribution in [3.63, 3.8) is 0 Å². The summed E-state index contributed by atoms with van der Waals surface area (Å²) in [7, 11) is 3.47. The van der Waals surface area contributed by atoms with Crippen LogP contribution in [0.15, 0.2) is 24.3 Å². The average molecular weight is 346 g/mol. The highest BCUT2D eigenvalue weighted by atomic mass is 16.2. The molecule has 3 amide bonds. The minimum absolute atomic E-state index is 0.0180. The quantitative estimate of drug-likeness (QED) is 0.860. The molecule has 0 bridgehead atoms. The number of anilines is 1. The van der Waals surface area contributed by atoms with Gasteiger partial charge in [0.25, 0.3) is 0 Å². The Balaban J connectivity index is 2.01. The molecule has 1 atom stereocenters. The third-order valence-corrected chi connectivity index (χ3v) is 4.88. The summed E-state index contributed by atoms with van der Waals surface area (Å²) in [6.07, 6.45) is 1.29. The first-order chi connectivity index (χ1) is 12.0. The van der Waals surface area contributed by atoms with Crippen molar-refractivity contribution in [1.29, 1.82) is 0 Å². The van der Waals surface area contributed by atoms with E-state index in [-0.39, 0.29) is 18.4 Å². The van der Waals surface area contributed by atoms with Crippen LogP contribution in [0.1, 0.15) is 25.8 Å². The van der Waals surface area contributed by atoms with Gasteiger partial charge in [-0.25, -0.2) is 4.79 Å². The molecule has 1 aliphatic heterocycles. The van der Waals surface area contributed by atoms with Crippen molar-refractivity contribution in [3.05, 3.63) is 29.8 Å². The first-order valence-corrected chi connectivity index (χ1v) is 9.04. The number of hydrogen-bond donors (Lipinski definition) is 1. The number of benzene rings is 1. The minimum atomic E-state index is -0.0839. The van der Waals surface area contributed by atoms with E-state index < -0.39 is 0 Å². The Morgan fingerprint density at radius 3 is 2.52 bits per heavy atom. The van der Waals surface area contributed by atoms with E-state index in [0.717, 1.165) is 38.2 Å². The maximum absolute atomic E-state index is 12.6. The zero-order valence-corrected chi connectivity index (χ0v) is 15.8. The van der Waals surface area contributed by atoms with Gasteiger partial charge >= 0.3 is 6.03 Å². The fraction of sp³-hybridized carbons (Fsp3) is 0.579. The molecule has 0 aliphatic carbocycles. The number of likely N-dealkylation sites (tertiary alicyclic amines) is 1. The highest BCUT2D eigenvalue weighted by Gasteiger charge is 2.29. The third-order valence-electron chi connectivity index (χ3n) is 4.88. The van der Waals surface area contributed by atoms with Crippen molar-refractivity contribution in [3.8, 4) is 0 Å². The topological polar surface area (TPSA) is 55.9 Å². The summed E-state index contributed by atoms with van der Waals surface area (Å²) in [6.45, 7) is 7.85. The van der Waals surface area contributed by atoms with Gasteiger partial charge in [0.05, 0.1) is 6.42 Å². The molecule has 1 saturated heterocycles. The van der Waals surface area contributed by atoms with Crippen LogP contribution in [0.5, 0.6) is 0 Å². The van der Waals surface area contributed by atoms with Crippen molar-refractivity contribution in [2.75, 3.05) is 45.6 Å². The van der Waals surface area contributed by atoms with Crippen molar-refractivity contribution in [2.45, 2.75) is 32.7 Å². The lowest BCUT2D eigenvalue weighted by Crippen LogP contribution is -2.40. The summed E-state index contributed by atoms with van der Waals surface area (Å²) in [5.41, 5.74) is 1.56. The van der Waals surface area contributed by atoms with Gasteiger partial charge in [0.1, 0.15) is 0 Å². The van der Waals surface area contributed by atoms with Gasteiger partial charge < -0.3 is 15.1 Å². The summed E-state index contributed by atoms with van der Waals surface area (Å²) in [4.78, 5) is 30.5. The number of hydrogen-bond acceptors (Lipinski definition) is 3. The molecule has 1 aromatic rings. The molecule has 1 fully saturated rings. The normalized spacial score (nSPS) is 17.0. The first-order valence-electron chi connectivity index (χ1n) is 9.04. The van der Waals surface area contributed by atoms with E-state index in [1.54, 1.807) is 19.0 Å². The lowest BCUT2D eigenvalue weighted by atomic mass is 10.1. The Bertz CT molecular complexity index is 599. The second-order valence-corrected chi connectivity index (χ2v) is 6.66. The van der Waals surface area contributed by atoms with Gasteiger partial charge in [0.2, 0.25) is 5.91 Å². The van der Waals surface area contributed by atoms with Crippen LogP contribution in [-0.4, -0.2) is 73.0 Å². The summed E-state index contributed by atoms with van der Waals surface area (Å²) in [6, 6.07) is 7.86. The standard InChI is InChI=1S/C19H30N4O2/c1-5-22(6-2)16-11-12-23(14-16)19(25)20-17-10-8-7-9-15(17)13-18(24)21(3)4/h7-10,16H,5-6,11-14H2,1-4H3,(H,20,25)/t16-/m0/s1. The molecule has 6 nitrogen and oxygen atoms in total. The number of urea groups is 1. The summed E-state index contributed by atoms with van der Waals surface area (Å²) in [5.74, 6) is 0.0180. The van der Waals surface area contributed by atoms with Gasteiger partial charge in [-0.15, -0.1) is 0 Å². The largest absolute Gasteiger partial charge is 0.349 e. The molecule has 6 heteroatoms. The van der Waals surface area contributed by atoms with Crippen LogP contribution in [-0.2, 0) is 11.2 Å². The van der Waals surface area contributed by atoms with Crippen LogP contribution in [0.25, 0.3) is 0 Å². The number of nitrogens with one attached hydrogen (secondary N) is 1. The van der Waals surface area contributed by atoms with Crippen LogP contribution in [0.4, 0.5) is 10.5 Å². The van der Waals surface area contributed by atoms with Gasteiger partial charge in [-0.2, -0.15) is 0 Å². The molecule has 1 heterocycles. The first kappa shape index (κ1) is 19.2. The van der Waals surface area contributed by atoms with E-state index in [0.29, 0.717) is 11.7 Å². The fourth-order valence-corrected chi connectivity index (χ4v) is 3.28. The number of carbonyl (C=O) groups is 2. The van der Waals surface area contributed by atoms with Gasteiger partial charge in [-0.1, -0.05) is 32.0 Å². The third kappa shape index (κ3) is 4.95. The zero-order valence-electron chi connectivity index (χ0n) is 15.8. The maximum atomic E-state index is 12.6. The van der Waals surface area contributed by atoms with Gasteiger partial charge in [0.15, 0.2) is 0 Å². The molecular formula is C19H30N4O2. The fourth-order valence-electron chi connectivity index (χ4n) is 3.28. The van der Waals surface area contributed by atoms with E-state index >= 15 is 0 Å².